The molecule has 0 saturated heterocycles. The molecule has 3 nitrogen and oxygen atoms in total. The molecule has 0 aromatic carbocycles. The number of esters is 1. The van der Waals surface area contributed by atoms with Gasteiger partial charge in [0.1, 0.15) is 0 Å². The van der Waals surface area contributed by atoms with Gasteiger partial charge >= 0.3 is 5.97 Å². The van der Waals surface area contributed by atoms with E-state index in [1.165, 1.54) is 44.1 Å². The number of carbonyl (C=O) groups is 1. The Bertz CT molecular complexity index is 534. The van der Waals surface area contributed by atoms with Crippen molar-refractivity contribution in [2.24, 2.45) is 23.2 Å². The first-order chi connectivity index (χ1) is 10.6. The molecule has 0 spiro atoms. The van der Waals surface area contributed by atoms with E-state index >= 15 is 0 Å². The van der Waals surface area contributed by atoms with E-state index in [0.29, 0.717) is 18.6 Å². The third kappa shape index (κ3) is 3.55. The van der Waals surface area contributed by atoms with Crippen molar-refractivity contribution < 1.29 is 26.5 Å². The second-order valence-corrected chi connectivity index (χ2v) is 8.13. The summed E-state index contributed by atoms with van der Waals surface area (Å²) in [7, 11) is 0. The minimum Gasteiger partial charge on any atom is -1.00 e. The van der Waals surface area contributed by atoms with Gasteiger partial charge in [-0.3, -0.25) is 0 Å². The molecule has 4 bridgehead atoms. The molecule has 0 amide bonds. The lowest BCUT2D eigenvalue weighted by molar-refractivity contribution is -0.686. The van der Waals surface area contributed by atoms with E-state index in [2.05, 4.69) is 6.92 Å². The van der Waals surface area contributed by atoms with Crippen LogP contribution in [0.5, 0.6) is 0 Å². The first kappa shape index (κ1) is 16.8. The molecule has 0 N–H and O–H groups in total. The maximum absolute atomic E-state index is 12.1. The zero-order chi connectivity index (χ0) is 15.2. The fourth-order valence-electron chi connectivity index (χ4n) is 5.53. The number of hydrogen-bond acceptors (Lipinski definition) is 2. The SMILES string of the molecule is Cc1cc[n+](CC(=O)OCC23CC4CC(CC(C4)C2)C3)cc1.[Cl-]. The summed E-state index contributed by atoms with van der Waals surface area (Å²) in [6.45, 7) is 3.03. The van der Waals surface area contributed by atoms with Gasteiger partial charge in [0.05, 0.1) is 6.61 Å². The van der Waals surface area contributed by atoms with Crippen LogP contribution in [0.2, 0.25) is 0 Å². The van der Waals surface area contributed by atoms with E-state index in [9.17, 15) is 4.79 Å². The Kier molecular flexibility index (Phi) is 4.68. The Labute approximate surface area is 144 Å². The van der Waals surface area contributed by atoms with Crippen molar-refractivity contribution in [3.05, 3.63) is 30.1 Å². The monoisotopic (exact) mass is 335 g/mol. The van der Waals surface area contributed by atoms with Gasteiger partial charge in [-0.25, -0.2) is 4.79 Å². The molecule has 4 aliphatic carbocycles. The molecular formula is C19H26ClNO2. The average Bonchev–Trinajstić information content (AvgIpc) is 2.46. The minimum absolute atomic E-state index is 0. The fraction of sp³-hybridized carbons (Fsp3) is 0.684. The second kappa shape index (κ2) is 6.43. The third-order valence-corrected chi connectivity index (χ3v) is 6.07. The van der Waals surface area contributed by atoms with Crippen LogP contribution in [-0.4, -0.2) is 12.6 Å². The molecule has 126 valence electrons. The fourth-order valence-corrected chi connectivity index (χ4v) is 5.53. The van der Waals surface area contributed by atoms with Gasteiger partial charge in [-0.1, -0.05) is 0 Å². The number of carbonyl (C=O) groups excluding carboxylic acids is 1. The minimum atomic E-state index is -0.0930. The molecule has 0 unspecified atom stereocenters. The number of aryl methyl sites for hydroxylation is 1. The lowest BCUT2D eigenvalue weighted by Crippen LogP contribution is -3.00. The number of aromatic nitrogens is 1. The molecule has 0 radical (unpaired) electrons. The van der Waals surface area contributed by atoms with E-state index in [-0.39, 0.29) is 18.4 Å². The van der Waals surface area contributed by atoms with E-state index in [1.54, 1.807) is 0 Å². The second-order valence-electron chi connectivity index (χ2n) is 8.13. The summed E-state index contributed by atoms with van der Waals surface area (Å²) >= 11 is 0. The predicted octanol–water partition coefficient (Wildman–Crippen LogP) is 0.0461. The van der Waals surface area contributed by atoms with Crippen molar-refractivity contribution in [1.29, 1.82) is 0 Å². The molecule has 1 aromatic rings. The zero-order valence-electron chi connectivity index (χ0n) is 13.8. The van der Waals surface area contributed by atoms with Crippen molar-refractivity contribution in [3.8, 4) is 0 Å². The first-order valence-corrected chi connectivity index (χ1v) is 8.72. The van der Waals surface area contributed by atoms with Crippen LogP contribution >= 0.6 is 0 Å². The van der Waals surface area contributed by atoms with Crippen molar-refractivity contribution in [2.45, 2.75) is 52.0 Å². The van der Waals surface area contributed by atoms with Gasteiger partial charge in [-0.15, -0.1) is 0 Å². The summed E-state index contributed by atoms with van der Waals surface area (Å²) in [4.78, 5) is 12.1. The van der Waals surface area contributed by atoms with Gasteiger partial charge in [-0.05, 0) is 68.8 Å². The summed E-state index contributed by atoms with van der Waals surface area (Å²) in [5, 5.41) is 0. The number of rotatable bonds is 4. The molecular weight excluding hydrogens is 310 g/mol. The van der Waals surface area contributed by atoms with Crippen molar-refractivity contribution in [2.75, 3.05) is 6.61 Å². The number of nitrogens with zero attached hydrogens (tertiary/aromatic N) is 1. The molecule has 5 rings (SSSR count). The predicted molar refractivity (Wildman–Crippen MR) is 82.9 cm³/mol. The van der Waals surface area contributed by atoms with E-state index < -0.39 is 0 Å². The number of hydrogen-bond donors (Lipinski definition) is 0. The summed E-state index contributed by atoms with van der Waals surface area (Å²) in [5.41, 5.74) is 1.53. The van der Waals surface area contributed by atoms with Crippen LogP contribution in [0.1, 0.15) is 44.1 Å². The molecule has 0 aliphatic heterocycles. The highest BCUT2D eigenvalue weighted by molar-refractivity contribution is 5.67. The summed E-state index contributed by atoms with van der Waals surface area (Å²) < 4.78 is 7.60. The van der Waals surface area contributed by atoms with Crippen LogP contribution in [0.3, 0.4) is 0 Å². The quantitative estimate of drug-likeness (QED) is 0.575. The van der Waals surface area contributed by atoms with Gasteiger partial charge in [0.25, 0.3) is 0 Å². The Morgan fingerprint density at radius 1 is 1.13 bits per heavy atom. The third-order valence-electron chi connectivity index (χ3n) is 6.07. The molecule has 4 saturated carbocycles. The number of ether oxygens (including phenoxy) is 1. The molecule has 4 aliphatic rings. The van der Waals surface area contributed by atoms with Gasteiger partial charge in [0.15, 0.2) is 12.4 Å². The standard InChI is InChI=1S/C19H26NO2.ClH/c1-14-2-4-20(5-3-14)12-18(21)22-13-19-9-15-6-16(10-19)8-17(7-15)11-19;/h2-5,15-17H,6-13H2,1H3;1H/q+1;/p-1. The lowest BCUT2D eigenvalue weighted by Gasteiger charge is -2.56. The maximum Gasteiger partial charge on any atom is 0.372 e. The van der Waals surface area contributed by atoms with E-state index in [1.807, 2.05) is 29.1 Å². The van der Waals surface area contributed by atoms with Gasteiger partial charge in [0, 0.05) is 17.5 Å². The summed E-state index contributed by atoms with van der Waals surface area (Å²) in [5.74, 6) is 2.65. The maximum atomic E-state index is 12.1. The van der Waals surface area contributed by atoms with Gasteiger partial charge in [-0.2, -0.15) is 4.57 Å². The van der Waals surface area contributed by atoms with Crippen LogP contribution < -0.4 is 17.0 Å². The summed E-state index contributed by atoms with van der Waals surface area (Å²) in [6, 6.07) is 4.04. The van der Waals surface area contributed by atoms with Crippen molar-refractivity contribution in [3.63, 3.8) is 0 Å². The number of halogens is 1. The molecule has 0 atom stereocenters. The van der Waals surface area contributed by atoms with Crippen LogP contribution in [0.15, 0.2) is 24.5 Å². The molecule has 1 heterocycles. The largest absolute Gasteiger partial charge is 1.00 e. The Hall–Kier alpha value is -1.09. The Morgan fingerprint density at radius 2 is 1.65 bits per heavy atom. The Balaban J connectivity index is 0.00000156. The van der Waals surface area contributed by atoms with Crippen LogP contribution in [-0.2, 0) is 16.1 Å². The van der Waals surface area contributed by atoms with E-state index in [4.69, 9.17) is 4.74 Å². The topological polar surface area (TPSA) is 30.2 Å². The van der Waals surface area contributed by atoms with Gasteiger partial charge in [0.2, 0.25) is 6.54 Å². The van der Waals surface area contributed by atoms with Crippen molar-refractivity contribution in [1.82, 2.24) is 0 Å². The van der Waals surface area contributed by atoms with Crippen molar-refractivity contribution >= 4 is 5.97 Å². The molecule has 4 fully saturated rings. The van der Waals surface area contributed by atoms with E-state index in [0.717, 1.165) is 17.8 Å². The molecule has 23 heavy (non-hydrogen) atoms. The number of pyridine rings is 1. The smallest absolute Gasteiger partial charge is 0.372 e. The molecule has 1 aromatic heterocycles. The highest BCUT2D eigenvalue weighted by Gasteiger charge is 2.51. The van der Waals surface area contributed by atoms with Gasteiger partial charge < -0.3 is 17.1 Å². The average molecular weight is 336 g/mol. The van der Waals surface area contributed by atoms with Crippen LogP contribution in [0.4, 0.5) is 0 Å². The zero-order valence-corrected chi connectivity index (χ0v) is 14.6. The van der Waals surface area contributed by atoms with Crippen LogP contribution in [0, 0.1) is 30.1 Å². The van der Waals surface area contributed by atoms with Crippen LogP contribution in [0.25, 0.3) is 0 Å². The molecule has 4 heteroatoms. The lowest BCUT2D eigenvalue weighted by atomic mass is 9.50. The normalized spacial score (nSPS) is 34.0. The highest BCUT2D eigenvalue weighted by Crippen LogP contribution is 2.60. The summed E-state index contributed by atoms with van der Waals surface area (Å²) in [6.07, 6.45) is 12.1. The highest BCUT2D eigenvalue weighted by atomic mass is 35.5. The first-order valence-electron chi connectivity index (χ1n) is 8.72. The Morgan fingerprint density at radius 3 is 2.17 bits per heavy atom.